The molecule has 0 atom stereocenters. The molecule has 0 fully saturated rings. The van der Waals surface area contributed by atoms with E-state index in [0.29, 0.717) is 37.5 Å². The van der Waals surface area contributed by atoms with Gasteiger partial charge in [-0.05, 0) is 24.6 Å². The Hall–Kier alpha value is -2.05. The predicted molar refractivity (Wildman–Crippen MR) is 82.9 cm³/mol. The summed E-state index contributed by atoms with van der Waals surface area (Å²) in [6.45, 7) is 3.98. The number of carboxylic acid groups (broad SMARTS) is 1. The molecule has 2 aromatic rings. The number of aromatic nitrogens is 1. The predicted octanol–water partition coefficient (Wildman–Crippen LogP) is 2.32. The van der Waals surface area contributed by atoms with Crippen LogP contribution >= 0.6 is 0 Å². The second-order valence-electron chi connectivity index (χ2n) is 5.01. The minimum atomic E-state index is -0.949. The van der Waals surface area contributed by atoms with Gasteiger partial charge in [-0.2, -0.15) is 0 Å². The van der Waals surface area contributed by atoms with Crippen LogP contribution < -0.4 is 4.74 Å². The Bertz CT molecular complexity index is 662. The van der Waals surface area contributed by atoms with Gasteiger partial charge in [-0.15, -0.1) is 0 Å². The van der Waals surface area contributed by atoms with E-state index in [1.165, 1.54) is 0 Å². The molecule has 0 aliphatic carbocycles. The molecule has 6 nitrogen and oxygen atoms in total. The van der Waals surface area contributed by atoms with Gasteiger partial charge in [0, 0.05) is 32.3 Å². The highest BCUT2D eigenvalue weighted by Crippen LogP contribution is 2.29. The van der Waals surface area contributed by atoms with Gasteiger partial charge < -0.3 is 23.9 Å². The number of carboxylic acids is 1. The zero-order chi connectivity index (χ0) is 16.1. The van der Waals surface area contributed by atoms with Crippen LogP contribution in [0.15, 0.2) is 18.3 Å². The van der Waals surface area contributed by atoms with Crippen molar-refractivity contribution in [2.45, 2.75) is 13.5 Å². The number of fused-ring (bicyclic) bond motifs is 1. The quantitative estimate of drug-likeness (QED) is 0.758. The molecule has 0 amide bonds. The first-order valence-corrected chi connectivity index (χ1v) is 7.06. The molecule has 1 aromatic heterocycles. The molecule has 6 heteroatoms. The van der Waals surface area contributed by atoms with Crippen LogP contribution in [0.4, 0.5) is 0 Å². The maximum atomic E-state index is 11.5. The van der Waals surface area contributed by atoms with Crippen LogP contribution in [0.1, 0.15) is 15.9 Å². The van der Waals surface area contributed by atoms with E-state index >= 15 is 0 Å². The summed E-state index contributed by atoms with van der Waals surface area (Å²) < 4.78 is 17.6. The molecule has 1 aromatic carbocycles. The minimum absolute atomic E-state index is 0.270. The van der Waals surface area contributed by atoms with Crippen molar-refractivity contribution in [2.75, 3.05) is 34.0 Å². The topological polar surface area (TPSA) is 69.9 Å². The Labute approximate surface area is 129 Å². The number of nitrogens with zero attached hydrogens (tertiary/aromatic N) is 1. The number of ether oxygens (including phenoxy) is 3. The van der Waals surface area contributed by atoms with Crippen molar-refractivity contribution in [3.8, 4) is 5.75 Å². The second-order valence-corrected chi connectivity index (χ2v) is 5.01. The van der Waals surface area contributed by atoms with Crippen LogP contribution in [0.5, 0.6) is 5.75 Å². The third-order valence-electron chi connectivity index (χ3n) is 3.46. The third kappa shape index (κ3) is 3.40. The van der Waals surface area contributed by atoms with Crippen LogP contribution in [0.25, 0.3) is 10.9 Å². The SMILES string of the molecule is COCCOc1cc(C)c2c(c1)c(C(=O)O)cn2CCOC. The Balaban J connectivity index is 2.46. The molecular formula is C16H21NO5. The summed E-state index contributed by atoms with van der Waals surface area (Å²) in [4.78, 5) is 11.5. The van der Waals surface area contributed by atoms with E-state index in [1.807, 2.05) is 17.6 Å². The van der Waals surface area contributed by atoms with Gasteiger partial charge in [0.25, 0.3) is 0 Å². The van der Waals surface area contributed by atoms with Gasteiger partial charge >= 0.3 is 5.97 Å². The summed E-state index contributed by atoms with van der Waals surface area (Å²) in [5.41, 5.74) is 2.13. The van der Waals surface area contributed by atoms with E-state index in [-0.39, 0.29) is 5.56 Å². The normalized spacial score (nSPS) is 11.0. The standard InChI is InChI=1S/C16H21NO5/c1-11-8-12(22-7-6-21-3)9-13-14(16(18)19)10-17(15(11)13)4-5-20-2/h8-10H,4-7H2,1-3H3,(H,18,19). The number of carbonyl (C=O) groups is 1. The maximum absolute atomic E-state index is 11.5. The van der Waals surface area contributed by atoms with E-state index < -0.39 is 5.97 Å². The van der Waals surface area contributed by atoms with Crippen molar-refractivity contribution in [1.29, 1.82) is 0 Å². The van der Waals surface area contributed by atoms with Crippen LogP contribution in [-0.4, -0.2) is 49.7 Å². The molecule has 2 rings (SSSR count). The summed E-state index contributed by atoms with van der Waals surface area (Å²) in [5, 5.41) is 10.1. The molecule has 0 bridgehead atoms. The van der Waals surface area contributed by atoms with Crippen molar-refractivity contribution in [1.82, 2.24) is 4.57 Å². The first-order valence-electron chi connectivity index (χ1n) is 7.06. The van der Waals surface area contributed by atoms with E-state index in [9.17, 15) is 9.90 Å². The van der Waals surface area contributed by atoms with E-state index in [4.69, 9.17) is 14.2 Å². The summed E-state index contributed by atoms with van der Waals surface area (Å²) in [6.07, 6.45) is 1.65. The molecule has 0 unspecified atom stereocenters. The van der Waals surface area contributed by atoms with Gasteiger partial charge in [-0.1, -0.05) is 0 Å². The second kappa shape index (κ2) is 7.29. The van der Waals surface area contributed by atoms with Gasteiger partial charge in [-0.3, -0.25) is 0 Å². The van der Waals surface area contributed by atoms with Gasteiger partial charge in [0.05, 0.1) is 24.3 Å². The van der Waals surface area contributed by atoms with Gasteiger partial charge in [0.1, 0.15) is 12.4 Å². The molecule has 0 saturated heterocycles. The molecule has 0 radical (unpaired) electrons. The lowest BCUT2D eigenvalue weighted by atomic mass is 10.1. The van der Waals surface area contributed by atoms with Crippen molar-refractivity contribution in [3.63, 3.8) is 0 Å². The Kier molecular flexibility index (Phi) is 5.41. The van der Waals surface area contributed by atoms with Crippen molar-refractivity contribution in [2.24, 2.45) is 0 Å². The lowest BCUT2D eigenvalue weighted by molar-refractivity contribution is 0.0698. The van der Waals surface area contributed by atoms with E-state index in [2.05, 4.69) is 0 Å². The Morgan fingerprint density at radius 3 is 2.55 bits per heavy atom. The fraction of sp³-hybridized carbons (Fsp3) is 0.438. The summed E-state index contributed by atoms with van der Waals surface area (Å²) in [7, 11) is 3.23. The average Bonchev–Trinajstić information content (AvgIpc) is 2.85. The highest BCUT2D eigenvalue weighted by Gasteiger charge is 2.17. The van der Waals surface area contributed by atoms with E-state index in [1.54, 1.807) is 26.5 Å². The van der Waals surface area contributed by atoms with Crippen LogP contribution in [0, 0.1) is 6.92 Å². The Morgan fingerprint density at radius 1 is 1.18 bits per heavy atom. The number of benzene rings is 1. The molecule has 22 heavy (non-hydrogen) atoms. The van der Waals surface area contributed by atoms with Crippen LogP contribution in [-0.2, 0) is 16.0 Å². The number of hydrogen-bond donors (Lipinski definition) is 1. The fourth-order valence-electron chi connectivity index (χ4n) is 2.49. The van der Waals surface area contributed by atoms with Gasteiger partial charge in [-0.25, -0.2) is 4.79 Å². The average molecular weight is 307 g/mol. The molecule has 0 saturated carbocycles. The van der Waals surface area contributed by atoms with Crippen LogP contribution in [0.2, 0.25) is 0 Å². The highest BCUT2D eigenvalue weighted by atomic mass is 16.5. The fourth-order valence-corrected chi connectivity index (χ4v) is 2.49. The van der Waals surface area contributed by atoms with Crippen molar-refractivity contribution >= 4 is 16.9 Å². The minimum Gasteiger partial charge on any atom is -0.491 e. The first kappa shape index (κ1) is 16.3. The number of rotatable bonds is 8. The highest BCUT2D eigenvalue weighted by molar-refractivity contribution is 6.04. The van der Waals surface area contributed by atoms with E-state index in [0.717, 1.165) is 11.1 Å². The lowest BCUT2D eigenvalue weighted by Gasteiger charge is -2.10. The maximum Gasteiger partial charge on any atom is 0.337 e. The molecule has 1 N–H and O–H groups in total. The molecule has 120 valence electrons. The monoisotopic (exact) mass is 307 g/mol. The number of hydrogen-bond acceptors (Lipinski definition) is 4. The van der Waals surface area contributed by atoms with Crippen molar-refractivity contribution < 1.29 is 24.1 Å². The summed E-state index contributed by atoms with van der Waals surface area (Å²) in [5.74, 6) is -0.302. The van der Waals surface area contributed by atoms with Crippen molar-refractivity contribution in [3.05, 3.63) is 29.5 Å². The van der Waals surface area contributed by atoms with Gasteiger partial charge in [0.15, 0.2) is 0 Å². The lowest BCUT2D eigenvalue weighted by Crippen LogP contribution is -2.05. The molecule has 0 aliphatic rings. The first-order chi connectivity index (χ1) is 10.6. The zero-order valence-corrected chi connectivity index (χ0v) is 13.1. The van der Waals surface area contributed by atoms with Gasteiger partial charge in [0.2, 0.25) is 0 Å². The smallest absolute Gasteiger partial charge is 0.337 e. The third-order valence-corrected chi connectivity index (χ3v) is 3.46. The number of methoxy groups -OCH3 is 2. The number of aromatic carboxylic acids is 1. The summed E-state index contributed by atoms with van der Waals surface area (Å²) in [6, 6.07) is 3.68. The summed E-state index contributed by atoms with van der Waals surface area (Å²) >= 11 is 0. The molecule has 1 heterocycles. The zero-order valence-electron chi connectivity index (χ0n) is 13.1. The molecular weight excluding hydrogens is 286 g/mol. The number of aryl methyl sites for hydroxylation is 1. The molecule has 0 spiro atoms. The molecule has 0 aliphatic heterocycles. The van der Waals surface area contributed by atoms with Crippen LogP contribution in [0.3, 0.4) is 0 Å². The largest absolute Gasteiger partial charge is 0.491 e. The Morgan fingerprint density at radius 2 is 1.91 bits per heavy atom.